The quantitative estimate of drug-likeness (QED) is 0.833. The molecule has 0 saturated carbocycles. The number of nitrogen functional groups attached to an aromatic ring is 1. The van der Waals surface area contributed by atoms with Crippen LogP contribution in [0.2, 0.25) is 0 Å². The monoisotopic (exact) mass is 240 g/mol. The van der Waals surface area contributed by atoms with E-state index in [0.29, 0.717) is 5.82 Å². The lowest BCUT2D eigenvalue weighted by molar-refractivity contribution is 0.138. The van der Waals surface area contributed by atoms with E-state index in [1.165, 1.54) is 5.56 Å². The summed E-state index contributed by atoms with van der Waals surface area (Å²) in [4.78, 5) is 4.34. The van der Waals surface area contributed by atoms with Gasteiger partial charge in [0.15, 0.2) is 0 Å². The van der Waals surface area contributed by atoms with Crippen LogP contribution in [0.5, 0.6) is 5.75 Å². The van der Waals surface area contributed by atoms with E-state index in [1.54, 1.807) is 6.07 Å². The highest BCUT2D eigenvalue weighted by Crippen LogP contribution is 2.36. The molecule has 0 radical (unpaired) electrons. The van der Waals surface area contributed by atoms with Crippen LogP contribution in [0, 0.1) is 0 Å². The molecule has 1 aliphatic rings. The third-order valence-electron chi connectivity index (χ3n) is 3.13. The Hall–Kier alpha value is -2.03. The molecule has 1 aliphatic heterocycles. The Morgan fingerprint density at radius 1 is 1.22 bits per heavy atom. The highest BCUT2D eigenvalue weighted by atomic mass is 16.5. The van der Waals surface area contributed by atoms with Crippen molar-refractivity contribution in [3.8, 4) is 17.0 Å². The Balaban J connectivity index is 2.02. The van der Waals surface area contributed by atoms with E-state index in [0.717, 1.165) is 23.4 Å². The standard InChI is InChI=1S/C15H16N2O/c1-15(2)9-11-8-10(6-7-13(11)18-15)12-4-3-5-14(16)17-12/h3-8H,9H2,1-2H3,(H2,16,17). The maximum atomic E-state index is 5.86. The fourth-order valence-corrected chi connectivity index (χ4v) is 2.38. The van der Waals surface area contributed by atoms with Crippen molar-refractivity contribution in [2.75, 3.05) is 5.73 Å². The molecule has 3 heteroatoms. The molecule has 0 amide bonds. The third kappa shape index (κ3) is 1.92. The summed E-state index contributed by atoms with van der Waals surface area (Å²) in [6.45, 7) is 4.21. The van der Waals surface area contributed by atoms with Gasteiger partial charge in [-0.15, -0.1) is 0 Å². The van der Waals surface area contributed by atoms with E-state index < -0.39 is 0 Å². The van der Waals surface area contributed by atoms with Crippen molar-refractivity contribution >= 4 is 5.82 Å². The molecule has 92 valence electrons. The second-order valence-electron chi connectivity index (χ2n) is 5.31. The van der Waals surface area contributed by atoms with Crippen LogP contribution >= 0.6 is 0 Å². The first-order valence-electron chi connectivity index (χ1n) is 6.08. The molecule has 0 atom stereocenters. The van der Waals surface area contributed by atoms with Crippen molar-refractivity contribution < 1.29 is 4.74 Å². The average molecular weight is 240 g/mol. The predicted molar refractivity (Wildman–Crippen MR) is 72.5 cm³/mol. The Kier molecular flexibility index (Phi) is 2.30. The summed E-state index contributed by atoms with van der Waals surface area (Å²) in [5.74, 6) is 1.53. The van der Waals surface area contributed by atoms with E-state index in [-0.39, 0.29) is 5.60 Å². The van der Waals surface area contributed by atoms with Crippen LogP contribution in [0.1, 0.15) is 19.4 Å². The first kappa shape index (κ1) is 11.1. The van der Waals surface area contributed by atoms with Crippen molar-refractivity contribution in [1.29, 1.82) is 0 Å². The first-order valence-corrected chi connectivity index (χ1v) is 6.08. The number of aromatic nitrogens is 1. The zero-order valence-corrected chi connectivity index (χ0v) is 10.6. The molecule has 0 fully saturated rings. The summed E-state index contributed by atoms with van der Waals surface area (Å²) in [6.07, 6.45) is 0.929. The fourth-order valence-electron chi connectivity index (χ4n) is 2.38. The van der Waals surface area contributed by atoms with E-state index >= 15 is 0 Å². The number of nitrogens with two attached hydrogens (primary N) is 1. The highest BCUT2D eigenvalue weighted by molar-refractivity contribution is 5.64. The number of nitrogens with zero attached hydrogens (tertiary/aromatic N) is 1. The summed E-state index contributed by atoms with van der Waals surface area (Å²) in [7, 11) is 0. The maximum Gasteiger partial charge on any atom is 0.124 e. The maximum absolute atomic E-state index is 5.86. The van der Waals surface area contributed by atoms with Crippen molar-refractivity contribution in [2.24, 2.45) is 0 Å². The molecule has 0 spiro atoms. The third-order valence-corrected chi connectivity index (χ3v) is 3.13. The van der Waals surface area contributed by atoms with Gasteiger partial charge in [0.25, 0.3) is 0 Å². The zero-order valence-electron chi connectivity index (χ0n) is 10.6. The summed E-state index contributed by atoms with van der Waals surface area (Å²) in [5.41, 5.74) is 8.84. The molecular weight excluding hydrogens is 224 g/mol. The van der Waals surface area contributed by atoms with E-state index in [9.17, 15) is 0 Å². The number of anilines is 1. The van der Waals surface area contributed by atoms with E-state index in [4.69, 9.17) is 10.5 Å². The van der Waals surface area contributed by atoms with Crippen LogP contribution in [-0.2, 0) is 6.42 Å². The highest BCUT2D eigenvalue weighted by Gasteiger charge is 2.29. The molecule has 2 aromatic rings. The molecule has 0 bridgehead atoms. The number of fused-ring (bicyclic) bond motifs is 1. The fraction of sp³-hybridized carbons (Fsp3) is 0.267. The number of pyridine rings is 1. The second-order valence-corrected chi connectivity index (χ2v) is 5.31. The average Bonchev–Trinajstić information content (AvgIpc) is 2.61. The minimum absolute atomic E-state index is 0.107. The molecule has 3 nitrogen and oxygen atoms in total. The van der Waals surface area contributed by atoms with Gasteiger partial charge in [0.2, 0.25) is 0 Å². The van der Waals surface area contributed by atoms with Crippen LogP contribution in [0.3, 0.4) is 0 Å². The van der Waals surface area contributed by atoms with Gasteiger partial charge in [-0.05, 0) is 49.7 Å². The van der Waals surface area contributed by atoms with Gasteiger partial charge in [-0.2, -0.15) is 0 Å². The second kappa shape index (κ2) is 3.73. The molecule has 0 aliphatic carbocycles. The summed E-state index contributed by atoms with van der Waals surface area (Å²) in [5, 5.41) is 0. The van der Waals surface area contributed by atoms with Gasteiger partial charge >= 0.3 is 0 Å². The summed E-state index contributed by atoms with van der Waals surface area (Å²) < 4.78 is 5.86. The molecular formula is C15H16N2O. The topological polar surface area (TPSA) is 48.1 Å². The van der Waals surface area contributed by atoms with Crippen molar-refractivity contribution in [1.82, 2.24) is 4.98 Å². The van der Waals surface area contributed by atoms with Crippen molar-refractivity contribution in [3.63, 3.8) is 0 Å². The minimum atomic E-state index is -0.107. The first-order chi connectivity index (χ1) is 8.53. The lowest BCUT2D eigenvalue weighted by Crippen LogP contribution is -2.24. The van der Waals surface area contributed by atoms with Gasteiger partial charge < -0.3 is 10.5 Å². The summed E-state index contributed by atoms with van der Waals surface area (Å²) in [6, 6.07) is 11.9. The van der Waals surface area contributed by atoms with Crippen LogP contribution in [0.4, 0.5) is 5.82 Å². The Bertz CT molecular complexity index is 605. The lowest BCUT2D eigenvalue weighted by atomic mass is 9.99. The number of benzene rings is 1. The number of hydrogen-bond donors (Lipinski definition) is 1. The molecule has 1 aromatic heterocycles. The van der Waals surface area contributed by atoms with Gasteiger partial charge in [-0.25, -0.2) is 4.98 Å². The van der Waals surface area contributed by atoms with Crippen LogP contribution in [-0.4, -0.2) is 10.6 Å². The van der Waals surface area contributed by atoms with Gasteiger partial charge in [0, 0.05) is 12.0 Å². The molecule has 0 saturated heterocycles. The molecule has 0 unspecified atom stereocenters. The van der Waals surface area contributed by atoms with Gasteiger partial charge in [-0.1, -0.05) is 6.07 Å². The molecule has 3 rings (SSSR count). The van der Waals surface area contributed by atoms with Gasteiger partial charge in [-0.3, -0.25) is 0 Å². The van der Waals surface area contributed by atoms with Crippen LogP contribution in [0.25, 0.3) is 11.3 Å². The minimum Gasteiger partial charge on any atom is -0.487 e. The van der Waals surface area contributed by atoms with Crippen LogP contribution in [0.15, 0.2) is 36.4 Å². The predicted octanol–water partition coefficient (Wildman–Crippen LogP) is 3.04. The van der Waals surface area contributed by atoms with Gasteiger partial charge in [0.1, 0.15) is 17.2 Å². The van der Waals surface area contributed by atoms with Gasteiger partial charge in [0.05, 0.1) is 5.69 Å². The normalized spacial score (nSPS) is 16.1. The molecule has 18 heavy (non-hydrogen) atoms. The summed E-state index contributed by atoms with van der Waals surface area (Å²) >= 11 is 0. The molecule has 2 heterocycles. The smallest absolute Gasteiger partial charge is 0.124 e. The van der Waals surface area contributed by atoms with Crippen molar-refractivity contribution in [3.05, 3.63) is 42.0 Å². The Morgan fingerprint density at radius 3 is 2.83 bits per heavy atom. The Morgan fingerprint density at radius 2 is 2.06 bits per heavy atom. The van der Waals surface area contributed by atoms with E-state index in [1.807, 2.05) is 24.3 Å². The lowest BCUT2D eigenvalue weighted by Gasteiger charge is -2.16. The van der Waals surface area contributed by atoms with E-state index in [2.05, 4.69) is 24.9 Å². The largest absolute Gasteiger partial charge is 0.487 e. The number of hydrogen-bond acceptors (Lipinski definition) is 3. The number of ether oxygens (including phenoxy) is 1. The molecule has 2 N–H and O–H groups in total. The van der Waals surface area contributed by atoms with Crippen LogP contribution < -0.4 is 10.5 Å². The van der Waals surface area contributed by atoms with Crippen molar-refractivity contribution in [2.45, 2.75) is 25.9 Å². The number of rotatable bonds is 1. The Labute approximate surface area is 107 Å². The zero-order chi connectivity index (χ0) is 12.8. The SMILES string of the molecule is CC1(C)Cc2cc(-c3cccc(N)n3)ccc2O1. The molecule has 1 aromatic carbocycles.